The Bertz CT molecular complexity index is 713. The highest BCUT2D eigenvalue weighted by Gasteiger charge is 2.23. The number of rotatable bonds is 6. The predicted octanol–water partition coefficient (Wildman–Crippen LogP) is 2.52. The molecule has 134 valence electrons. The molecule has 0 bridgehead atoms. The van der Waals surface area contributed by atoms with Crippen molar-refractivity contribution in [1.29, 1.82) is 0 Å². The molecule has 0 aromatic carbocycles. The van der Waals surface area contributed by atoms with Gasteiger partial charge < -0.3 is 5.11 Å². The van der Waals surface area contributed by atoms with Crippen molar-refractivity contribution >= 4 is 5.97 Å². The van der Waals surface area contributed by atoms with Gasteiger partial charge in [0, 0.05) is 37.3 Å². The van der Waals surface area contributed by atoms with E-state index in [1.807, 2.05) is 30.1 Å². The first-order valence-electron chi connectivity index (χ1n) is 8.90. The minimum Gasteiger partial charge on any atom is -0.481 e. The van der Waals surface area contributed by atoms with Crippen LogP contribution in [0.2, 0.25) is 0 Å². The van der Waals surface area contributed by atoms with Crippen molar-refractivity contribution in [1.82, 2.24) is 19.7 Å². The van der Waals surface area contributed by atoms with E-state index in [1.165, 1.54) is 11.3 Å². The average molecular weight is 342 g/mol. The topological polar surface area (TPSA) is 71.2 Å². The van der Waals surface area contributed by atoms with Crippen molar-refractivity contribution in [2.45, 2.75) is 45.1 Å². The molecule has 2 aromatic heterocycles. The fourth-order valence-corrected chi connectivity index (χ4v) is 3.50. The first-order valence-corrected chi connectivity index (χ1v) is 8.90. The van der Waals surface area contributed by atoms with Crippen LogP contribution in [0.4, 0.5) is 0 Å². The Hall–Kier alpha value is -2.21. The molecule has 1 N–H and O–H groups in total. The molecular weight excluding hydrogens is 316 g/mol. The maximum Gasteiger partial charge on any atom is 0.303 e. The molecule has 0 atom stereocenters. The molecule has 0 saturated carbocycles. The summed E-state index contributed by atoms with van der Waals surface area (Å²) in [6, 6.07) is 6.01. The van der Waals surface area contributed by atoms with E-state index in [0.717, 1.165) is 43.9 Å². The minimum atomic E-state index is -0.772. The van der Waals surface area contributed by atoms with Gasteiger partial charge in [-0.2, -0.15) is 5.10 Å². The van der Waals surface area contributed by atoms with Gasteiger partial charge in [-0.15, -0.1) is 0 Å². The number of likely N-dealkylation sites (tertiary alicyclic amines) is 1. The van der Waals surface area contributed by atoms with E-state index in [-0.39, 0.29) is 6.42 Å². The molecule has 1 aliphatic heterocycles. The third-order valence-electron chi connectivity index (χ3n) is 5.07. The molecule has 0 spiro atoms. The van der Waals surface area contributed by atoms with Crippen LogP contribution in [0.15, 0.2) is 24.4 Å². The van der Waals surface area contributed by atoms with E-state index in [1.54, 1.807) is 0 Å². The van der Waals surface area contributed by atoms with Gasteiger partial charge in [-0.1, -0.05) is 6.07 Å². The van der Waals surface area contributed by atoms with Crippen LogP contribution in [0.1, 0.15) is 47.8 Å². The number of hydrogen-bond donors (Lipinski definition) is 1. The van der Waals surface area contributed by atoms with Crippen LogP contribution in [0.5, 0.6) is 0 Å². The van der Waals surface area contributed by atoms with Crippen molar-refractivity contribution in [2.75, 3.05) is 13.1 Å². The second-order valence-corrected chi connectivity index (χ2v) is 6.90. The lowest BCUT2D eigenvalue weighted by molar-refractivity contribution is -0.136. The van der Waals surface area contributed by atoms with Gasteiger partial charge in [-0.05, 0) is 50.6 Å². The third kappa shape index (κ3) is 4.45. The molecule has 6 nitrogen and oxygen atoms in total. The summed E-state index contributed by atoms with van der Waals surface area (Å²) in [5, 5.41) is 13.1. The summed E-state index contributed by atoms with van der Waals surface area (Å²) in [7, 11) is 2.00. The summed E-state index contributed by atoms with van der Waals surface area (Å²) in [6.45, 7) is 5.16. The lowest BCUT2D eigenvalue weighted by atomic mass is 9.92. The molecule has 6 heteroatoms. The van der Waals surface area contributed by atoms with Gasteiger partial charge in [0.15, 0.2) is 0 Å². The monoisotopic (exact) mass is 342 g/mol. The number of hydrogen-bond acceptors (Lipinski definition) is 4. The summed E-state index contributed by atoms with van der Waals surface area (Å²) >= 11 is 0. The molecule has 0 radical (unpaired) electrons. The number of carboxylic acid groups (broad SMARTS) is 1. The molecule has 0 aliphatic carbocycles. The van der Waals surface area contributed by atoms with Gasteiger partial charge in [-0.3, -0.25) is 19.4 Å². The molecule has 0 unspecified atom stereocenters. The van der Waals surface area contributed by atoms with Crippen LogP contribution < -0.4 is 0 Å². The molecule has 25 heavy (non-hydrogen) atoms. The molecular formula is C19H26N4O2. The third-order valence-corrected chi connectivity index (χ3v) is 5.07. The van der Waals surface area contributed by atoms with E-state index in [4.69, 9.17) is 10.1 Å². The maximum atomic E-state index is 10.7. The Labute approximate surface area is 148 Å². The van der Waals surface area contributed by atoms with Crippen molar-refractivity contribution in [3.63, 3.8) is 0 Å². The van der Waals surface area contributed by atoms with Gasteiger partial charge in [0.05, 0.1) is 18.3 Å². The number of carbonyl (C=O) groups is 1. The maximum absolute atomic E-state index is 10.7. The molecule has 2 aromatic rings. The highest BCUT2D eigenvalue weighted by molar-refractivity contribution is 5.66. The molecule has 3 heterocycles. The van der Waals surface area contributed by atoms with Crippen molar-refractivity contribution < 1.29 is 9.90 Å². The molecule has 1 aliphatic rings. The van der Waals surface area contributed by atoms with Crippen LogP contribution in [-0.4, -0.2) is 43.8 Å². The number of carboxylic acids is 1. The highest BCUT2D eigenvalue weighted by atomic mass is 16.4. The number of aromatic nitrogens is 3. The van der Waals surface area contributed by atoms with Gasteiger partial charge in [0.2, 0.25) is 0 Å². The highest BCUT2D eigenvalue weighted by Crippen LogP contribution is 2.28. The van der Waals surface area contributed by atoms with Crippen molar-refractivity contribution in [3.05, 3.63) is 47.0 Å². The van der Waals surface area contributed by atoms with Gasteiger partial charge in [0.25, 0.3) is 0 Å². The number of pyridine rings is 1. The largest absolute Gasteiger partial charge is 0.481 e. The van der Waals surface area contributed by atoms with Crippen LogP contribution in [-0.2, 0) is 24.8 Å². The van der Waals surface area contributed by atoms with Gasteiger partial charge in [0.1, 0.15) is 0 Å². The van der Waals surface area contributed by atoms with Crippen LogP contribution in [0.25, 0.3) is 0 Å². The smallest absolute Gasteiger partial charge is 0.303 e. The van der Waals surface area contributed by atoms with Crippen molar-refractivity contribution in [2.24, 2.45) is 7.05 Å². The Kier molecular flexibility index (Phi) is 5.48. The van der Waals surface area contributed by atoms with Gasteiger partial charge in [-0.25, -0.2) is 0 Å². The van der Waals surface area contributed by atoms with E-state index in [0.29, 0.717) is 12.3 Å². The molecule has 1 saturated heterocycles. The number of aryl methyl sites for hydroxylation is 3. The summed E-state index contributed by atoms with van der Waals surface area (Å²) in [5.41, 5.74) is 4.52. The predicted molar refractivity (Wildman–Crippen MR) is 95.4 cm³/mol. The number of aliphatic carboxylic acids is 1. The number of piperidine rings is 1. The zero-order valence-electron chi connectivity index (χ0n) is 15.0. The lowest BCUT2D eigenvalue weighted by Gasteiger charge is -2.32. The van der Waals surface area contributed by atoms with E-state index in [2.05, 4.69) is 23.0 Å². The lowest BCUT2D eigenvalue weighted by Crippen LogP contribution is -2.33. The Balaban J connectivity index is 1.57. The zero-order chi connectivity index (χ0) is 17.8. The van der Waals surface area contributed by atoms with E-state index < -0.39 is 5.97 Å². The fraction of sp³-hybridized carbons (Fsp3) is 0.526. The molecule has 1 fully saturated rings. The quantitative estimate of drug-likeness (QED) is 0.873. The standard InChI is InChI=1S/C19H26N4O2/c1-14-12-20-22(2)18(14)13-23-10-8-15(9-11-23)17-5-3-4-16(21-17)6-7-19(24)25/h3-5,12,15H,6-11,13H2,1-2H3,(H,24,25). The first kappa shape index (κ1) is 17.6. The molecule has 0 amide bonds. The zero-order valence-corrected chi connectivity index (χ0v) is 15.0. The molecule has 3 rings (SSSR count). The van der Waals surface area contributed by atoms with E-state index >= 15 is 0 Å². The van der Waals surface area contributed by atoms with Gasteiger partial charge >= 0.3 is 5.97 Å². The summed E-state index contributed by atoms with van der Waals surface area (Å²) in [4.78, 5) is 17.9. The normalized spacial score (nSPS) is 16.2. The average Bonchev–Trinajstić information content (AvgIpc) is 2.93. The summed E-state index contributed by atoms with van der Waals surface area (Å²) in [6.07, 6.45) is 4.74. The van der Waals surface area contributed by atoms with Crippen LogP contribution in [0.3, 0.4) is 0 Å². The fourth-order valence-electron chi connectivity index (χ4n) is 3.50. The summed E-state index contributed by atoms with van der Waals surface area (Å²) in [5.74, 6) is -0.306. The Morgan fingerprint density at radius 1 is 1.32 bits per heavy atom. The van der Waals surface area contributed by atoms with E-state index in [9.17, 15) is 4.79 Å². The second kappa shape index (κ2) is 7.78. The number of nitrogens with zero attached hydrogens (tertiary/aromatic N) is 4. The minimum absolute atomic E-state index is 0.138. The van der Waals surface area contributed by atoms with Crippen molar-refractivity contribution in [3.8, 4) is 0 Å². The Morgan fingerprint density at radius 3 is 2.72 bits per heavy atom. The first-order chi connectivity index (χ1) is 12.0. The van der Waals surface area contributed by atoms with Crippen LogP contribution in [0, 0.1) is 6.92 Å². The summed E-state index contributed by atoms with van der Waals surface area (Å²) < 4.78 is 1.97. The Morgan fingerprint density at radius 2 is 2.08 bits per heavy atom. The SMILES string of the molecule is Cc1cnn(C)c1CN1CCC(c2cccc(CCC(=O)O)n2)CC1. The second-order valence-electron chi connectivity index (χ2n) is 6.90. The van der Waals surface area contributed by atoms with Crippen LogP contribution >= 0.6 is 0 Å².